The zero-order chi connectivity index (χ0) is 15.5. The van der Waals surface area contributed by atoms with Crippen molar-refractivity contribution in [2.24, 2.45) is 5.92 Å². The van der Waals surface area contributed by atoms with Crippen LogP contribution in [0.5, 0.6) is 0 Å². The van der Waals surface area contributed by atoms with Gasteiger partial charge in [0.25, 0.3) is 5.91 Å². The predicted molar refractivity (Wildman–Crippen MR) is 78.8 cm³/mol. The van der Waals surface area contributed by atoms with Crippen molar-refractivity contribution in [3.63, 3.8) is 0 Å². The Labute approximate surface area is 128 Å². The highest BCUT2D eigenvalue weighted by molar-refractivity contribution is 6.36. The van der Waals surface area contributed by atoms with E-state index >= 15 is 0 Å². The van der Waals surface area contributed by atoms with E-state index in [4.69, 9.17) is 23.2 Å². The van der Waals surface area contributed by atoms with E-state index in [1.165, 1.54) is 6.07 Å². The van der Waals surface area contributed by atoms with Crippen LogP contribution in [0.15, 0.2) is 12.1 Å². The highest BCUT2D eigenvalue weighted by Gasteiger charge is 2.23. The van der Waals surface area contributed by atoms with Crippen LogP contribution in [-0.4, -0.2) is 23.2 Å². The van der Waals surface area contributed by atoms with Gasteiger partial charge in [-0.1, -0.05) is 37.0 Å². The molecular weight excluding hydrogens is 304 g/mol. The summed E-state index contributed by atoms with van der Waals surface area (Å²) in [5.74, 6) is -0.969. The van der Waals surface area contributed by atoms with Crippen LogP contribution in [0.3, 0.4) is 0 Å². The second kappa shape index (κ2) is 6.74. The van der Waals surface area contributed by atoms with Crippen LogP contribution in [0.4, 0.5) is 4.39 Å². The fraction of sp³-hybridized carbons (Fsp3) is 0.500. The number of amides is 1. The fourth-order valence-electron chi connectivity index (χ4n) is 2.01. The summed E-state index contributed by atoms with van der Waals surface area (Å²) >= 11 is 11.4. The van der Waals surface area contributed by atoms with E-state index in [1.807, 2.05) is 13.8 Å². The summed E-state index contributed by atoms with van der Waals surface area (Å²) in [6, 6.07) is 2.16. The molecule has 0 aliphatic rings. The maximum atomic E-state index is 13.3. The van der Waals surface area contributed by atoms with Gasteiger partial charge in [-0.3, -0.25) is 4.79 Å². The van der Waals surface area contributed by atoms with Crippen LogP contribution in [-0.2, 0) is 0 Å². The van der Waals surface area contributed by atoms with Crippen LogP contribution in [0.25, 0.3) is 0 Å². The van der Waals surface area contributed by atoms with Crippen molar-refractivity contribution in [2.45, 2.75) is 32.8 Å². The Balaban J connectivity index is 2.75. The Morgan fingerprint density at radius 1 is 1.40 bits per heavy atom. The Kier molecular flexibility index (Phi) is 5.80. The molecule has 1 aromatic rings. The average molecular weight is 322 g/mol. The molecule has 1 amide bonds. The van der Waals surface area contributed by atoms with Crippen molar-refractivity contribution in [2.75, 3.05) is 6.54 Å². The van der Waals surface area contributed by atoms with E-state index in [0.29, 0.717) is 12.3 Å². The number of halogens is 3. The van der Waals surface area contributed by atoms with Gasteiger partial charge in [-0.05, 0) is 31.4 Å². The van der Waals surface area contributed by atoms with Crippen LogP contribution in [0.1, 0.15) is 37.6 Å². The highest BCUT2D eigenvalue weighted by Crippen LogP contribution is 2.24. The molecule has 112 valence electrons. The van der Waals surface area contributed by atoms with Crippen LogP contribution in [0.2, 0.25) is 10.0 Å². The van der Waals surface area contributed by atoms with Gasteiger partial charge in [0.05, 0.1) is 21.2 Å². The van der Waals surface area contributed by atoms with Crippen molar-refractivity contribution in [3.8, 4) is 0 Å². The van der Waals surface area contributed by atoms with Crippen molar-refractivity contribution >= 4 is 29.1 Å². The molecule has 20 heavy (non-hydrogen) atoms. The second-order valence-corrected chi connectivity index (χ2v) is 6.34. The molecule has 0 aliphatic carbocycles. The third-order valence-corrected chi connectivity index (χ3v) is 3.33. The molecule has 2 N–H and O–H groups in total. The van der Waals surface area contributed by atoms with E-state index < -0.39 is 17.3 Å². The van der Waals surface area contributed by atoms with Crippen LogP contribution >= 0.6 is 23.2 Å². The quantitative estimate of drug-likeness (QED) is 0.813. The maximum Gasteiger partial charge on any atom is 0.253 e. The smallest absolute Gasteiger partial charge is 0.253 e. The van der Waals surface area contributed by atoms with Gasteiger partial charge in [0.2, 0.25) is 0 Å². The van der Waals surface area contributed by atoms with Gasteiger partial charge in [-0.15, -0.1) is 0 Å². The van der Waals surface area contributed by atoms with E-state index in [-0.39, 0.29) is 22.2 Å². The summed E-state index contributed by atoms with van der Waals surface area (Å²) in [6.07, 6.45) is 0.538. The zero-order valence-electron chi connectivity index (χ0n) is 11.6. The summed E-state index contributed by atoms with van der Waals surface area (Å²) in [6.45, 7) is 5.64. The molecule has 0 saturated heterocycles. The first-order valence-electron chi connectivity index (χ1n) is 6.27. The van der Waals surface area contributed by atoms with E-state index in [9.17, 15) is 14.3 Å². The number of carbonyl (C=O) groups is 1. The number of benzene rings is 1. The number of carbonyl (C=O) groups excluding carboxylic acids is 1. The Morgan fingerprint density at radius 3 is 2.55 bits per heavy atom. The molecule has 1 unspecified atom stereocenters. The molecule has 3 nitrogen and oxygen atoms in total. The van der Waals surface area contributed by atoms with Gasteiger partial charge in [-0.2, -0.15) is 0 Å². The molecule has 0 aromatic heterocycles. The third-order valence-electron chi connectivity index (χ3n) is 2.73. The van der Waals surface area contributed by atoms with Gasteiger partial charge in [0.1, 0.15) is 5.82 Å². The van der Waals surface area contributed by atoms with E-state index in [2.05, 4.69) is 5.32 Å². The number of nitrogens with one attached hydrogen (secondary N) is 1. The lowest BCUT2D eigenvalue weighted by Gasteiger charge is -2.25. The highest BCUT2D eigenvalue weighted by atomic mass is 35.5. The molecule has 6 heteroatoms. The standard InChI is InChI=1S/C14H18Cl2FNO2/c1-8(2)6-14(3,20)7-18-13(19)9-4-12(17)11(16)5-10(9)15/h4-5,8,20H,6-7H2,1-3H3,(H,18,19). The molecule has 0 aliphatic heterocycles. The average Bonchev–Trinajstić information content (AvgIpc) is 2.29. The fourth-order valence-corrected chi connectivity index (χ4v) is 2.48. The number of aliphatic hydroxyl groups is 1. The first kappa shape index (κ1) is 17.2. The van der Waals surface area contributed by atoms with Crippen molar-refractivity contribution < 1.29 is 14.3 Å². The minimum atomic E-state index is -1.03. The first-order valence-corrected chi connectivity index (χ1v) is 7.03. The summed E-state index contributed by atoms with van der Waals surface area (Å²) < 4.78 is 13.3. The number of hydrogen-bond acceptors (Lipinski definition) is 2. The molecule has 0 heterocycles. The number of hydrogen-bond donors (Lipinski definition) is 2. The van der Waals surface area contributed by atoms with Crippen molar-refractivity contribution in [1.29, 1.82) is 0 Å². The summed E-state index contributed by atoms with van der Waals surface area (Å²) in [5.41, 5.74) is -1.03. The molecule has 0 radical (unpaired) electrons. The van der Waals surface area contributed by atoms with Gasteiger partial charge in [-0.25, -0.2) is 4.39 Å². The maximum absolute atomic E-state index is 13.3. The second-order valence-electron chi connectivity index (χ2n) is 5.52. The van der Waals surface area contributed by atoms with Crippen molar-refractivity contribution in [1.82, 2.24) is 5.32 Å². The molecule has 0 saturated carbocycles. The largest absolute Gasteiger partial charge is 0.388 e. The Hall–Kier alpha value is -0.840. The van der Waals surface area contributed by atoms with Gasteiger partial charge >= 0.3 is 0 Å². The SMILES string of the molecule is CC(C)CC(C)(O)CNC(=O)c1cc(F)c(Cl)cc1Cl. The minimum absolute atomic E-state index is 0.00564. The lowest BCUT2D eigenvalue weighted by molar-refractivity contribution is 0.0368. The topological polar surface area (TPSA) is 49.3 Å². The van der Waals surface area contributed by atoms with Gasteiger partial charge in [0, 0.05) is 6.54 Å². The summed E-state index contributed by atoms with van der Waals surface area (Å²) in [5, 5.41) is 12.6. The lowest BCUT2D eigenvalue weighted by Crippen LogP contribution is -2.41. The summed E-state index contributed by atoms with van der Waals surface area (Å²) in [4.78, 5) is 11.9. The minimum Gasteiger partial charge on any atom is -0.388 e. The van der Waals surface area contributed by atoms with E-state index in [0.717, 1.165) is 6.07 Å². The molecule has 0 fully saturated rings. The Bertz CT molecular complexity index is 504. The lowest BCUT2D eigenvalue weighted by atomic mass is 9.94. The number of rotatable bonds is 5. The molecule has 1 atom stereocenters. The molecule has 0 spiro atoms. The first-order chi connectivity index (χ1) is 9.12. The Morgan fingerprint density at radius 2 is 2.00 bits per heavy atom. The van der Waals surface area contributed by atoms with Gasteiger partial charge < -0.3 is 10.4 Å². The molecule has 0 bridgehead atoms. The van der Waals surface area contributed by atoms with Crippen molar-refractivity contribution in [3.05, 3.63) is 33.6 Å². The zero-order valence-corrected chi connectivity index (χ0v) is 13.1. The monoisotopic (exact) mass is 321 g/mol. The predicted octanol–water partition coefficient (Wildman–Crippen LogP) is 3.66. The molecule has 1 rings (SSSR count). The normalized spacial score (nSPS) is 14.2. The van der Waals surface area contributed by atoms with Crippen LogP contribution in [0, 0.1) is 11.7 Å². The molecular formula is C14H18Cl2FNO2. The summed E-state index contributed by atoms with van der Waals surface area (Å²) in [7, 11) is 0. The van der Waals surface area contributed by atoms with Crippen LogP contribution < -0.4 is 5.32 Å². The van der Waals surface area contributed by atoms with Gasteiger partial charge in [0.15, 0.2) is 0 Å². The van der Waals surface area contributed by atoms with E-state index in [1.54, 1.807) is 6.92 Å². The molecule has 1 aromatic carbocycles. The third kappa shape index (κ3) is 4.93.